The molecule has 0 bridgehead atoms. The Balaban J connectivity index is 2.13. The summed E-state index contributed by atoms with van der Waals surface area (Å²) >= 11 is 0. The van der Waals surface area contributed by atoms with Crippen molar-refractivity contribution in [2.75, 3.05) is 7.05 Å². The summed E-state index contributed by atoms with van der Waals surface area (Å²) in [6, 6.07) is 4.74. The van der Waals surface area contributed by atoms with Gasteiger partial charge in [-0.2, -0.15) is 0 Å². The van der Waals surface area contributed by atoms with Crippen molar-refractivity contribution < 1.29 is 14.4 Å². The van der Waals surface area contributed by atoms with Gasteiger partial charge in [-0.05, 0) is 43.0 Å². The summed E-state index contributed by atoms with van der Waals surface area (Å²) in [6.45, 7) is 0.623. The first-order valence-corrected chi connectivity index (χ1v) is 5.92. The van der Waals surface area contributed by atoms with Crippen LogP contribution in [0.4, 0.5) is 4.39 Å². The van der Waals surface area contributed by atoms with E-state index in [0.29, 0.717) is 12.6 Å². The fraction of sp³-hybridized carbons (Fsp3) is 0.500. The Kier molecular flexibility index (Phi) is 3.81. The Morgan fingerprint density at radius 1 is 1.41 bits per heavy atom. The lowest BCUT2D eigenvalue weighted by Crippen LogP contribution is -2.40. The highest BCUT2D eigenvalue weighted by atomic mass is 19.1. The molecule has 1 aliphatic carbocycles. The van der Waals surface area contributed by atoms with E-state index >= 15 is 0 Å². The number of rotatable bonds is 4. The molecule has 17 heavy (non-hydrogen) atoms. The summed E-state index contributed by atoms with van der Waals surface area (Å²) < 4.78 is 13.0. The van der Waals surface area contributed by atoms with Crippen LogP contribution in [0.1, 0.15) is 24.8 Å². The molecule has 1 aliphatic rings. The molecule has 1 aromatic rings. The predicted molar refractivity (Wildman–Crippen MR) is 65.3 cm³/mol. The van der Waals surface area contributed by atoms with E-state index in [-0.39, 0.29) is 5.46 Å². The molecule has 0 unspecified atom stereocenters. The first-order chi connectivity index (χ1) is 8.08. The van der Waals surface area contributed by atoms with Crippen molar-refractivity contribution in [3.8, 4) is 0 Å². The van der Waals surface area contributed by atoms with E-state index < -0.39 is 12.9 Å². The molecule has 0 aromatic heterocycles. The molecule has 0 amide bonds. The van der Waals surface area contributed by atoms with Crippen LogP contribution in [0.25, 0.3) is 0 Å². The third kappa shape index (κ3) is 2.86. The van der Waals surface area contributed by atoms with Gasteiger partial charge in [0, 0.05) is 12.6 Å². The molecule has 5 heteroatoms. The fourth-order valence-electron chi connectivity index (χ4n) is 2.18. The van der Waals surface area contributed by atoms with Crippen molar-refractivity contribution in [1.82, 2.24) is 4.90 Å². The second kappa shape index (κ2) is 5.17. The second-order valence-electron chi connectivity index (χ2n) is 4.72. The van der Waals surface area contributed by atoms with Crippen LogP contribution in [-0.4, -0.2) is 35.2 Å². The molecule has 92 valence electrons. The van der Waals surface area contributed by atoms with Crippen LogP contribution in [0, 0.1) is 5.82 Å². The Morgan fingerprint density at radius 3 is 2.65 bits per heavy atom. The predicted octanol–water partition coefficient (Wildman–Crippen LogP) is 0.490. The molecule has 3 nitrogen and oxygen atoms in total. The third-order valence-electron chi connectivity index (χ3n) is 3.50. The Labute approximate surface area is 101 Å². The summed E-state index contributed by atoms with van der Waals surface area (Å²) in [6.07, 6.45) is 3.64. The lowest BCUT2D eigenvalue weighted by atomic mass is 9.76. The largest absolute Gasteiger partial charge is 0.488 e. The topological polar surface area (TPSA) is 43.7 Å². The van der Waals surface area contributed by atoms with Crippen LogP contribution in [0.15, 0.2) is 18.2 Å². The van der Waals surface area contributed by atoms with Gasteiger partial charge < -0.3 is 10.0 Å². The van der Waals surface area contributed by atoms with Crippen molar-refractivity contribution in [1.29, 1.82) is 0 Å². The molecule has 0 aliphatic heterocycles. The third-order valence-corrected chi connectivity index (χ3v) is 3.50. The standard InChI is InChI=1S/C12H17BFNO2/c1-15(11-3-2-4-11)8-9-5-6-10(14)7-12(9)13(16)17/h5-7,11,16-17H,2-4,8H2,1H3. The van der Waals surface area contributed by atoms with Gasteiger partial charge in [-0.15, -0.1) is 0 Å². The molecular weight excluding hydrogens is 220 g/mol. The van der Waals surface area contributed by atoms with Crippen molar-refractivity contribution in [2.24, 2.45) is 0 Å². The molecule has 2 rings (SSSR count). The second-order valence-corrected chi connectivity index (χ2v) is 4.72. The van der Waals surface area contributed by atoms with Gasteiger partial charge in [0.25, 0.3) is 0 Å². The minimum Gasteiger partial charge on any atom is -0.423 e. The smallest absolute Gasteiger partial charge is 0.423 e. The average Bonchev–Trinajstić information content (AvgIpc) is 2.17. The van der Waals surface area contributed by atoms with Crippen LogP contribution in [0.5, 0.6) is 0 Å². The molecule has 0 radical (unpaired) electrons. The van der Waals surface area contributed by atoms with Crippen LogP contribution >= 0.6 is 0 Å². The zero-order valence-electron chi connectivity index (χ0n) is 9.93. The van der Waals surface area contributed by atoms with E-state index in [1.165, 1.54) is 31.4 Å². The van der Waals surface area contributed by atoms with E-state index in [2.05, 4.69) is 4.90 Å². The maximum Gasteiger partial charge on any atom is 0.488 e. The minimum absolute atomic E-state index is 0.260. The average molecular weight is 237 g/mol. The van der Waals surface area contributed by atoms with Crippen LogP contribution in [-0.2, 0) is 6.54 Å². The maximum atomic E-state index is 13.0. The van der Waals surface area contributed by atoms with E-state index in [1.54, 1.807) is 6.07 Å². The lowest BCUT2D eigenvalue weighted by Gasteiger charge is -2.35. The molecule has 0 spiro atoms. The summed E-state index contributed by atoms with van der Waals surface area (Å²) in [5, 5.41) is 18.4. The van der Waals surface area contributed by atoms with Gasteiger partial charge in [0.05, 0.1) is 0 Å². The quantitative estimate of drug-likeness (QED) is 0.749. The number of hydrogen-bond donors (Lipinski definition) is 2. The molecule has 1 aromatic carbocycles. The highest BCUT2D eigenvalue weighted by molar-refractivity contribution is 6.59. The van der Waals surface area contributed by atoms with Gasteiger partial charge in [-0.25, -0.2) is 4.39 Å². The van der Waals surface area contributed by atoms with E-state index in [1.807, 2.05) is 7.05 Å². The molecule has 0 heterocycles. The molecule has 0 atom stereocenters. The highest BCUT2D eigenvalue weighted by Crippen LogP contribution is 2.24. The summed E-state index contributed by atoms with van der Waals surface area (Å²) in [5.74, 6) is -0.442. The number of hydrogen-bond acceptors (Lipinski definition) is 3. The molecule has 1 fully saturated rings. The van der Waals surface area contributed by atoms with Gasteiger partial charge in [0.2, 0.25) is 0 Å². The Morgan fingerprint density at radius 2 is 2.12 bits per heavy atom. The van der Waals surface area contributed by atoms with Crippen molar-refractivity contribution in [3.63, 3.8) is 0 Å². The summed E-state index contributed by atoms with van der Waals surface area (Å²) in [7, 11) is 0.399. The number of benzene rings is 1. The van der Waals surface area contributed by atoms with E-state index in [0.717, 1.165) is 5.56 Å². The monoisotopic (exact) mass is 237 g/mol. The normalized spacial score (nSPS) is 16.1. The van der Waals surface area contributed by atoms with E-state index in [9.17, 15) is 14.4 Å². The minimum atomic E-state index is -1.62. The van der Waals surface area contributed by atoms with Gasteiger partial charge in [0.15, 0.2) is 0 Å². The number of halogens is 1. The van der Waals surface area contributed by atoms with Crippen molar-refractivity contribution in [2.45, 2.75) is 31.8 Å². The van der Waals surface area contributed by atoms with Crippen LogP contribution < -0.4 is 5.46 Å². The molecule has 0 saturated heterocycles. The fourth-order valence-corrected chi connectivity index (χ4v) is 2.18. The van der Waals surface area contributed by atoms with Gasteiger partial charge >= 0.3 is 7.12 Å². The zero-order valence-corrected chi connectivity index (χ0v) is 9.93. The maximum absolute atomic E-state index is 13.0. The number of nitrogens with zero attached hydrogens (tertiary/aromatic N) is 1. The Bertz CT molecular complexity index is 396. The Hall–Kier alpha value is -0.905. The first-order valence-electron chi connectivity index (χ1n) is 5.92. The van der Waals surface area contributed by atoms with Gasteiger partial charge in [0.1, 0.15) is 5.82 Å². The molecule has 2 N–H and O–H groups in total. The van der Waals surface area contributed by atoms with Gasteiger partial charge in [-0.1, -0.05) is 12.5 Å². The zero-order chi connectivity index (χ0) is 12.4. The molecular formula is C12H17BFNO2. The van der Waals surface area contributed by atoms with Crippen molar-refractivity contribution >= 4 is 12.6 Å². The van der Waals surface area contributed by atoms with E-state index in [4.69, 9.17) is 0 Å². The van der Waals surface area contributed by atoms with Crippen LogP contribution in [0.3, 0.4) is 0 Å². The molecule has 1 saturated carbocycles. The van der Waals surface area contributed by atoms with Crippen LogP contribution in [0.2, 0.25) is 0 Å². The van der Waals surface area contributed by atoms with Crippen molar-refractivity contribution in [3.05, 3.63) is 29.6 Å². The SMILES string of the molecule is CN(Cc1ccc(F)cc1B(O)O)C1CCC1. The first kappa shape index (κ1) is 12.5. The highest BCUT2D eigenvalue weighted by Gasteiger charge is 2.24. The van der Waals surface area contributed by atoms with Gasteiger partial charge in [-0.3, -0.25) is 4.90 Å². The lowest BCUT2D eigenvalue weighted by molar-refractivity contribution is 0.153. The summed E-state index contributed by atoms with van der Waals surface area (Å²) in [5.41, 5.74) is 1.03. The summed E-state index contributed by atoms with van der Waals surface area (Å²) in [4.78, 5) is 2.18.